The number of piperidine rings is 1. The van der Waals surface area contributed by atoms with Gasteiger partial charge in [0, 0.05) is 24.5 Å². The molecule has 3 aliphatic rings. The molecule has 0 bridgehead atoms. The van der Waals surface area contributed by atoms with Crippen molar-refractivity contribution in [1.29, 1.82) is 0 Å². The van der Waals surface area contributed by atoms with Gasteiger partial charge in [0.05, 0.1) is 10.0 Å². The third-order valence-corrected chi connectivity index (χ3v) is 5.47. The molecule has 17 heavy (non-hydrogen) atoms. The highest BCUT2D eigenvalue weighted by molar-refractivity contribution is 6.42. The lowest BCUT2D eigenvalue weighted by Crippen LogP contribution is -2.28. The monoisotopic (exact) mass is 267 g/mol. The first kappa shape index (κ1) is 10.7. The van der Waals surface area contributed by atoms with Gasteiger partial charge in [0.15, 0.2) is 0 Å². The zero-order valence-electron chi connectivity index (χ0n) is 9.63. The maximum atomic E-state index is 6.14. The summed E-state index contributed by atoms with van der Waals surface area (Å²) in [5.41, 5.74) is 1.82. The number of likely N-dealkylation sites (tertiary alicyclic amines) is 1. The molecule has 0 aromatic heterocycles. The van der Waals surface area contributed by atoms with E-state index in [0.717, 1.165) is 12.0 Å². The molecule has 3 heteroatoms. The molecule has 1 aromatic rings. The van der Waals surface area contributed by atoms with Crippen LogP contribution in [0.25, 0.3) is 0 Å². The molecule has 1 heterocycles. The Kier molecular flexibility index (Phi) is 2.13. The summed E-state index contributed by atoms with van der Waals surface area (Å²) in [5, 5.41) is 1.37. The zero-order chi connectivity index (χ0) is 11.6. The summed E-state index contributed by atoms with van der Waals surface area (Å²) in [6, 6.07) is 7.09. The molecule has 0 spiro atoms. The first-order valence-electron chi connectivity index (χ1n) is 6.39. The quantitative estimate of drug-likeness (QED) is 0.790. The fraction of sp³-hybridized carbons (Fsp3) is 0.571. The first-order chi connectivity index (χ1) is 8.19. The number of benzene rings is 1. The van der Waals surface area contributed by atoms with Crippen molar-refractivity contribution in [1.82, 2.24) is 4.90 Å². The lowest BCUT2D eigenvalue weighted by molar-refractivity contribution is 0.288. The lowest BCUT2D eigenvalue weighted by Gasteiger charge is -2.20. The minimum atomic E-state index is 0.414. The van der Waals surface area contributed by atoms with E-state index in [-0.39, 0.29) is 0 Å². The van der Waals surface area contributed by atoms with Crippen LogP contribution in [0.15, 0.2) is 18.2 Å². The number of halogens is 2. The van der Waals surface area contributed by atoms with Crippen LogP contribution < -0.4 is 0 Å². The summed E-state index contributed by atoms with van der Waals surface area (Å²) in [7, 11) is 0. The van der Waals surface area contributed by atoms with E-state index in [9.17, 15) is 0 Å². The second-order valence-corrected chi connectivity index (χ2v) is 6.66. The van der Waals surface area contributed by atoms with E-state index in [1.165, 1.54) is 37.9 Å². The second kappa shape index (κ2) is 3.40. The molecular weight excluding hydrogens is 253 g/mol. The Labute approximate surface area is 112 Å². The lowest BCUT2D eigenvalue weighted by atomic mass is 9.95. The van der Waals surface area contributed by atoms with Crippen molar-refractivity contribution in [2.75, 3.05) is 13.1 Å². The summed E-state index contributed by atoms with van der Waals surface area (Å²) < 4.78 is 0. The van der Waals surface area contributed by atoms with Crippen molar-refractivity contribution in [3.8, 4) is 0 Å². The predicted octanol–water partition coefficient (Wildman–Crippen LogP) is 3.73. The maximum absolute atomic E-state index is 6.14. The van der Waals surface area contributed by atoms with Gasteiger partial charge in [-0.1, -0.05) is 29.3 Å². The van der Waals surface area contributed by atoms with E-state index in [4.69, 9.17) is 23.2 Å². The zero-order valence-corrected chi connectivity index (χ0v) is 11.1. The number of rotatable bonds is 2. The standard InChI is InChI=1S/C14H15Cl2N/c15-12-4-1-9(5-13(12)16)14-6-10(14)7-17(8-14)11-2-3-11/h1,4-5,10-11H,2-3,6-8H2/t10?,14-/m1/s1. The molecule has 1 aromatic carbocycles. The van der Waals surface area contributed by atoms with Crippen LogP contribution in [-0.4, -0.2) is 24.0 Å². The molecule has 1 nitrogen and oxygen atoms in total. The van der Waals surface area contributed by atoms with Crippen molar-refractivity contribution < 1.29 is 0 Å². The summed E-state index contributed by atoms with van der Waals surface area (Å²) >= 11 is 12.1. The number of nitrogens with zero attached hydrogens (tertiary/aromatic N) is 1. The second-order valence-electron chi connectivity index (χ2n) is 5.85. The highest BCUT2D eigenvalue weighted by Gasteiger charge is 2.62. The Morgan fingerprint density at radius 2 is 2.00 bits per heavy atom. The van der Waals surface area contributed by atoms with Gasteiger partial charge in [-0.3, -0.25) is 4.90 Å². The van der Waals surface area contributed by atoms with Crippen LogP contribution in [0.2, 0.25) is 10.0 Å². The molecule has 0 radical (unpaired) electrons. The van der Waals surface area contributed by atoms with Gasteiger partial charge in [0.2, 0.25) is 0 Å². The van der Waals surface area contributed by atoms with E-state index in [0.29, 0.717) is 15.5 Å². The molecular formula is C14H15Cl2N. The Bertz CT molecular complexity index is 483. The minimum Gasteiger partial charge on any atom is -0.299 e. The fourth-order valence-corrected chi connectivity index (χ4v) is 3.79. The van der Waals surface area contributed by atoms with E-state index in [2.05, 4.69) is 17.0 Å². The molecule has 4 rings (SSSR count). The molecule has 0 N–H and O–H groups in total. The molecule has 1 unspecified atom stereocenters. The Balaban J connectivity index is 1.64. The van der Waals surface area contributed by atoms with E-state index in [1.54, 1.807) is 0 Å². The van der Waals surface area contributed by atoms with Crippen LogP contribution in [0.1, 0.15) is 24.8 Å². The van der Waals surface area contributed by atoms with Crippen LogP contribution in [0.5, 0.6) is 0 Å². The van der Waals surface area contributed by atoms with Gasteiger partial charge in [-0.25, -0.2) is 0 Å². The molecule has 90 valence electrons. The maximum Gasteiger partial charge on any atom is 0.0595 e. The normalized spacial score (nSPS) is 36.0. The van der Waals surface area contributed by atoms with Crippen molar-refractivity contribution >= 4 is 23.2 Å². The van der Waals surface area contributed by atoms with Crippen molar-refractivity contribution in [2.45, 2.75) is 30.7 Å². The van der Waals surface area contributed by atoms with E-state index in [1.807, 2.05) is 6.07 Å². The van der Waals surface area contributed by atoms with Crippen LogP contribution >= 0.6 is 23.2 Å². The topological polar surface area (TPSA) is 3.24 Å². The van der Waals surface area contributed by atoms with Gasteiger partial charge < -0.3 is 0 Å². The highest BCUT2D eigenvalue weighted by atomic mass is 35.5. The van der Waals surface area contributed by atoms with Crippen molar-refractivity contribution in [3.63, 3.8) is 0 Å². The fourth-order valence-electron chi connectivity index (χ4n) is 3.49. The Morgan fingerprint density at radius 1 is 1.18 bits per heavy atom. The van der Waals surface area contributed by atoms with E-state index >= 15 is 0 Å². The average molecular weight is 268 g/mol. The van der Waals surface area contributed by atoms with Gasteiger partial charge in [-0.2, -0.15) is 0 Å². The Morgan fingerprint density at radius 3 is 2.71 bits per heavy atom. The molecule has 2 atom stereocenters. The Hall–Kier alpha value is -0.240. The summed E-state index contributed by atoms with van der Waals surface area (Å²) in [4.78, 5) is 2.68. The van der Waals surface area contributed by atoms with Crippen molar-refractivity contribution in [2.24, 2.45) is 5.92 Å². The number of hydrogen-bond acceptors (Lipinski definition) is 1. The molecule has 2 aliphatic carbocycles. The van der Waals surface area contributed by atoms with Gasteiger partial charge in [0.25, 0.3) is 0 Å². The largest absolute Gasteiger partial charge is 0.299 e. The smallest absolute Gasteiger partial charge is 0.0595 e. The van der Waals surface area contributed by atoms with Gasteiger partial charge in [-0.05, 0) is 42.9 Å². The minimum absolute atomic E-state index is 0.414. The van der Waals surface area contributed by atoms with Gasteiger partial charge in [-0.15, -0.1) is 0 Å². The summed E-state index contributed by atoms with van der Waals surface area (Å²) in [5.74, 6) is 0.861. The molecule has 0 amide bonds. The van der Waals surface area contributed by atoms with Crippen LogP contribution in [-0.2, 0) is 5.41 Å². The van der Waals surface area contributed by atoms with Gasteiger partial charge in [0.1, 0.15) is 0 Å². The third kappa shape index (κ3) is 1.56. The van der Waals surface area contributed by atoms with E-state index < -0.39 is 0 Å². The third-order valence-electron chi connectivity index (χ3n) is 4.73. The predicted molar refractivity (Wildman–Crippen MR) is 70.8 cm³/mol. The molecule has 3 fully saturated rings. The van der Waals surface area contributed by atoms with Gasteiger partial charge >= 0.3 is 0 Å². The molecule has 1 saturated heterocycles. The average Bonchev–Trinajstić information content (AvgIpc) is 3.22. The number of hydrogen-bond donors (Lipinski definition) is 0. The first-order valence-corrected chi connectivity index (χ1v) is 7.14. The van der Waals surface area contributed by atoms with Crippen molar-refractivity contribution in [3.05, 3.63) is 33.8 Å². The summed E-state index contributed by atoms with van der Waals surface area (Å²) in [6.07, 6.45) is 4.16. The molecule has 2 saturated carbocycles. The number of fused-ring (bicyclic) bond motifs is 1. The van der Waals surface area contributed by atoms with Crippen LogP contribution in [0.3, 0.4) is 0 Å². The SMILES string of the molecule is Clc1ccc([C@]23CC2CN(C2CC2)C3)cc1Cl. The molecule has 1 aliphatic heterocycles. The van der Waals surface area contributed by atoms with Crippen LogP contribution in [0, 0.1) is 5.92 Å². The summed E-state index contributed by atoms with van der Waals surface area (Å²) in [6.45, 7) is 2.53. The van der Waals surface area contributed by atoms with Crippen LogP contribution in [0.4, 0.5) is 0 Å². The highest BCUT2D eigenvalue weighted by Crippen LogP contribution is 2.60.